The zero-order valence-electron chi connectivity index (χ0n) is 16.3. The molecule has 3 aromatic rings. The van der Waals surface area contributed by atoms with Gasteiger partial charge >= 0.3 is 5.97 Å². The van der Waals surface area contributed by atoms with Crippen LogP contribution >= 0.6 is 0 Å². The minimum absolute atomic E-state index is 0.334. The van der Waals surface area contributed by atoms with Crippen molar-refractivity contribution in [3.63, 3.8) is 0 Å². The summed E-state index contributed by atoms with van der Waals surface area (Å²) in [6, 6.07) is 25.9. The molecule has 0 atom stereocenters. The molecule has 0 saturated heterocycles. The Kier molecular flexibility index (Phi) is 6.85. The van der Waals surface area contributed by atoms with Crippen molar-refractivity contribution in [2.45, 2.75) is 32.7 Å². The summed E-state index contributed by atoms with van der Waals surface area (Å²) >= 11 is 0. The summed E-state index contributed by atoms with van der Waals surface area (Å²) in [7, 11) is 0. The number of hydrogen-bond donors (Lipinski definition) is 1. The maximum absolute atomic E-state index is 11.5. The third-order valence-corrected chi connectivity index (χ3v) is 4.95. The largest absolute Gasteiger partial charge is 0.478 e. The summed E-state index contributed by atoms with van der Waals surface area (Å²) < 4.78 is 0. The predicted molar refractivity (Wildman–Crippen MR) is 116 cm³/mol. The molecular weight excluding hydrogens is 346 g/mol. The highest BCUT2D eigenvalue weighted by molar-refractivity contribution is 5.95. The lowest BCUT2D eigenvalue weighted by Gasteiger charge is -2.25. The molecule has 144 valence electrons. The van der Waals surface area contributed by atoms with Crippen molar-refractivity contribution in [2.75, 3.05) is 11.4 Å². The van der Waals surface area contributed by atoms with Gasteiger partial charge in [0.15, 0.2) is 0 Å². The van der Waals surface area contributed by atoms with Gasteiger partial charge in [-0.15, -0.1) is 0 Å². The van der Waals surface area contributed by atoms with Crippen LogP contribution < -0.4 is 4.90 Å². The number of para-hydroxylation sites is 1. The van der Waals surface area contributed by atoms with Crippen LogP contribution in [0.15, 0.2) is 78.9 Å². The first-order valence-corrected chi connectivity index (χ1v) is 9.90. The smallest absolute Gasteiger partial charge is 0.336 e. The molecule has 0 aliphatic rings. The third kappa shape index (κ3) is 5.01. The summed E-state index contributed by atoms with van der Waals surface area (Å²) in [4.78, 5) is 13.9. The topological polar surface area (TPSA) is 40.5 Å². The fourth-order valence-corrected chi connectivity index (χ4v) is 3.42. The molecular formula is C25H27NO2. The fraction of sp³-hybridized carbons (Fsp3) is 0.240. The van der Waals surface area contributed by atoms with E-state index in [0.29, 0.717) is 5.56 Å². The molecule has 0 bridgehead atoms. The summed E-state index contributed by atoms with van der Waals surface area (Å²) in [5, 5.41) is 9.42. The highest BCUT2D eigenvalue weighted by Crippen LogP contribution is 2.25. The van der Waals surface area contributed by atoms with Gasteiger partial charge in [0.2, 0.25) is 0 Å². The van der Waals surface area contributed by atoms with E-state index in [4.69, 9.17) is 0 Å². The van der Waals surface area contributed by atoms with Crippen LogP contribution in [0.3, 0.4) is 0 Å². The van der Waals surface area contributed by atoms with Crippen molar-refractivity contribution in [3.8, 4) is 11.1 Å². The van der Waals surface area contributed by atoms with E-state index >= 15 is 0 Å². The van der Waals surface area contributed by atoms with Crippen molar-refractivity contribution < 1.29 is 9.90 Å². The standard InChI is InChI=1S/C25H27NO2/c1-2-3-9-18-26(22-10-5-4-6-11-22)19-20-14-16-21(17-15-20)23-12-7-8-13-24(23)25(27)28/h4-8,10-17H,2-3,9,18-19H2,1H3,(H,27,28). The maximum atomic E-state index is 11.5. The van der Waals surface area contributed by atoms with Crippen LogP contribution in [-0.4, -0.2) is 17.6 Å². The number of hydrogen-bond acceptors (Lipinski definition) is 2. The van der Waals surface area contributed by atoms with Crippen molar-refractivity contribution in [1.29, 1.82) is 0 Å². The molecule has 3 heteroatoms. The molecule has 3 nitrogen and oxygen atoms in total. The minimum Gasteiger partial charge on any atom is -0.478 e. The average Bonchev–Trinajstić information content (AvgIpc) is 2.74. The Bertz CT molecular complexity index is 888. The van der Waals surface area contributed by atoms with Gasteiger partial charge in [-0.1, -0.05) is 80.4 Å². The number of anilines is 1. The molecule has 0 spiro atoms. The van der Waals surface area contributed by atoms with E-state index in [1.807, 2.05) is 30.3 Å². The molecule has 0 aromatic heterocycles. The van der Waals surface area contributed by atoms with Gasteiger partial charge in [-0.3, -0.25) is 0 Å². The minimum atomic E-state index is -0.897. The lowest BCUT2D eigenvalue weighted by atomic mass is 9.98. The number of aromatic carboxylic acids is 1. The molecule has 0 saturated carbocycles. The van der Waals surface area contributed by atoms with Crippen LogP contribution in [0.25, 0.3) is 11.1 Å². The molecule has 0 radical (unpaired) electrons. The number of unbranched alkanes of at least 4 members (excludes halogenated alkanes) is 2. The highest BCUT2D eigenvalue weighted by atomic mass is 16.4. The number of benzene rings is 3. The van der Waals surface area contributed by atoms with Gasteiger partial charge in [0.05, 0.1) is 5.56 Å². The Balaban J connectivity index is 1.79. The van der Waals surface area contributed by atoms with Crippen molar-refractivity contribution >= 4 is 11.7 Å². The number of nitrogens with zero attached hydrogens (tertiary/aromatic N) is 1. The van der Waals surface area contributed by atoms with Crippen molar-refractivity contribution in [3.05, 3.63) is 90.0 Å². The van der Waals surface area contributed by atoms with Crippen LogP contribution in [0.4, 0.5) is 5.69 Å². The fourth-order valence-electron chi connectivity index (χ4n) is 3.42. The highest BCUT2D eigenvalue weighted by Gasteiger charge is 2.11. The summed E-state index contributed by atoms with van der Waals surface area (Å²) in [5.41, 5.74) is 4.47. The summed E-state index contributed by atoms with van der Waals surface area (Å²) in [6.07, 6.45) is 3.62. The van der Waals surface area contributed by atoms with Gasteiger partial charge < -0.3 is 10.0 Å². The molecule has 3 aromatic carbocycles. The summed E-state index contributed by atoms with van der Waals surface area (Å²) in [5.74, 6) is -0.897. The normalized spacial score (nSPS) is 10.6. The van der Waals surface area contributed by atoms with Gasteiger partial charge in [0, 0.05) is 18.8 Å². The van der Waals surface area contributed by atoms with Crippen LogP contribution in [0, 0.1) is 0 Å². The van der Waals surface area contributed by atoms with Crippen LogP contribution in [0.5, 0.6) is 0 Å². The number of carbonyl (C=O) groups is 1. The lowest BCUT2D eigenvalue weighted by Crippen LogP contribution is -2.23. The van der Waals surface area contributed by atoms with Crippen molar-refractivity contribution in [2.24, 2.45) is 0 Å². The van der Waals surface area contributed by atoms with Crippen LogP contribution in [0.2, 0.25) is 0 Å². The second kappa shape index (κ2) is 9.75. The van der Waals surface area contributed by atoms with E-state index in [1.165, 1.54) is 30.5 Å². The van der Waals surface area contributed by atoms with E-state index in [0.717, 1.165) is 24.2 Å². The molecule has 28 heavy (non-hydrogen) atoms. The molecule has 0 fully saturated rings. The first-order valence-electron chi connectivity index (χ1n) is 9.90. The molecule has 3 rings (SSSR count). The first-order chi connectivity index (χ1) is 13.7. The monoisotopic (exact) mass is 373 g/mol. The van der Waals surface area contributed by atoms with E-state index in [-0.39, 0.29) is 0 Å². The zero-order chi connectivity index (χ0) is 19.8. The van der Waals surface area contributed by atoms with Gasteiger partial charge in [-0.2, -0.15) is 0 Å². The Labute approximate surface area is 167 Å². The molecule has 0 amide bonds. The maximum Gasteiger partial charge on any atom is 0.336 e. The van der Waals surface area contributed by atoms with E-state index in [1.54, 1.807) is 12.1 Å². The SMILES string of the molecule is CCCCCN(Cc1ccc(-c2ccccc2C(=O)O)cc1)c1ccccc1. The number of rotatable bonds is 9. The Morgan fingerprint density at radius 1 is 0.857 bits per heavy atom. The second-order valence-electron chi connectivity index (χ2n) is 7.01. The van der Waals surface area contributed by atoms with Crippen LogP contribution in [-0.2, 0) is 6.54 Å². The van der Waals surface area contributed by atoms with Gasteiger partial charge in [0.25, 0.3) is 0 Å². The molecule has 1 N–H and O–H groups in total. The van der Waals surface area contributed by atoms with E-state index < -0.39 is 5.97 Å². The molecule has 0 heterocycles. The Hall–Kier alpha value is -3.07. The van der Waals surface area contributed by atoms with E-state index in [9.17, 15) is 9.90 Å². The summed E-state index contributed by atoms with van der Waals surface area (Å²) in [6.45, 7) is 4.09. The van der Waals surface area contributed by atoms with Crippen LogP contribution in [0.1, 0.15) is 42.1 Å². The molecule has 0 aliphatic carbocycles. The third-order valence-electron chi connectivity index (χ3n) is 4.95. The number of carboxylic acids is 1. The Morgan fingerprint density at radius 2 is 1.54 bits per heavy atom. The second-order valence-corrected chi connectivity index (χ2v) is 7.01. The lowest BCUT2D eigenvalue weighted by molar-refractivity contribution is 0.0697. The van der Waals surface area contributed by atoms with E-state index in [2.05, 4.69) is 48.2 Å². The molecule has 0 aliphatic heterocycles. The average molecular weight is 373 g/mol. The van der Waals surface area contributed by atoms with Gasteiger partial charge in [-0.05, 0) is 41.3 Å². The van der Waals surface area contributed by atoms with Gasteiger partial charge in [0.1, 0.15) is 0 Å². The van der Waals surface area contributed by atoms with Crippen molar-refractivity contribution in [1.82, 2.24) is 0 Å². The zero-order valence-corrected chi connectivity index (χ0v) is 16.3. The predicted octanol–water partition coefficient (Wildman–Crippen LogP) is 6.25. The quantitative estimate of drug-likeness (QED) is 0.451. The Morgan fingerprint density at radius 3 is 2.21 bits per heavy atom. The molecule has 0 unspecified atom stereocenters. The van der Waals surface area contributed by atoms with Gasteiger partial charge in [-0.25, -0.2) is 4.79 Å². The first kappa shape index (κ1) is 19.7. The number of carboxylic acid groups (broad SMARTS) is 1.